The Bertz CT molecular complexity index is 816. The van der Waals surface area contributed by atoms with Crippen LogP contribution < -0.4 is 0 Å². The third kappa shape index (κ3) is 2.54. The molecule has 2 bridgehead atoms. The Hall–Kier alpha value is -1.19. The lowest BCUT2D eigenvalue weighted by molar-refractivity contribution is 0.184. The van der Waals surface area contributed by atoms with Crippen molar-refractivity contribution in [3.8, 4) is 0 Å². The van der Waals surface area contributed by atoms with Gasteiger partial charge in [0.2, 0.25) is 10.0 Å². The summed E-state index contributed by atoms with van der Waals surface area (Å²) in [6.07, 6.45) is 10.2. The number of hydrogen-bond acceptors (Lipinski definition) is 4. The van der Waals surface area contributed by atoms with E-state index in [0.29, 0.717) is 0 Å². The summed E-state index contributed by atoms with van der Waals surface area (Å²) >= 11 is 3.42. The van der Waals surface area contributed by atoms with Gasteiger partial charge in [-0.2, -0.15) is 14.5 Å². The van der Waals surface area contributed by atoms with Gasteiger partial charge >= 0.3 is 0 Å². The summed E-state index contributed by atoms with van der Waals surface area (Å²) in [6, 6.07) is 0.359. The molecule has 124 valence electrons. The van der Waals surface area contributed by atoms with Crippen molar-refractivity contribution in [2.75, 3.05) is 0 Å². The molecular weight excluding hydrogens is 382 g/mol. The topological polar surface area (TPSA) is 73.0 Å². The van der Waals surface area contributed by atoms with Crippen LogP contribution in [0.5, 0.6) is 0 Å². The minimum absolute atomic E-state index is 0.0481. The summed E-state index contributed by atoms with van der Waals surface area (Å²) in [6.45, 7) is 0. The van der Waals surface area contributed by atoms with E-state index >= 15 is 0 Å². The number of piperidine rings is 1. The fraction of sp³-hybridized carbons (Fsp3) is 0.571. The molecule has 0 amide bonds. The van der Waals surface area contributed by atoms with Gasteiger partial charge in [0.05, 0.1) is 22.9 Å². The highest BCUT2D eigenvalue weighted by Crippen LogP contribution is 2.43. The highest BCUT2D eigenvalue weighted by atomic mass is 79.9. The van der Waals surface area contributed by atoms with Crippen LogP contribution in [0.3, 0.4) is 0 Å². The predicted molar refractivity (Wildman–Crippen MR) is 87.2 cm³/mol. The Kier molecular flexibility index (Phi) is 3.62. The number of aryl methyl sites for hydroxylation is 1. The van der Waals surface area contributed by atoms with Crippen LogP contribution in [0.25, 0.3) is 0 Å². The Morgan fingerprint density at radius 1 is 1.09 bits per heavy atom. The lowest BCUT2D eigenvalue weighted by atomic mass is 10.00. The standard InChI is InChI=1S/C14H18BrN5O2S/c1-18-9-14(7-16-18)23(21,22)20-11-2-3-12(20)5-13(4-11)19-8-10(15)6-17-19/h6-9,11-13H,2-5H2,1H3. The smallest absolute Gasteiger partial charge is 0.246 e. The lowest BCUT2D eigenvalue weighted by Crippen LogP contribution is -2.46. The molecule has 2 aliphatic heterocycles. The molecular formula is C14H18BrN5O2S. The van der Waals surface area contributed by atoms with Crippen molar-refractivity contribution in [2.45, 2.75) is 48.7 Å². The van der Waals surface area contributed by atoms with Crippen LogP contribution in [0.15, 0.2) is 34.2 Å². The van der Waals surface area contributed by atoms with Crippen LogP contribution in [0, 0.1) is 0 Å². The molecule has 0 aliphatic carbocycles. The second kappa shape index (κ2) is 5.42. The van der Waals surface area contributed by atoms with Crippen LogP contribution in [-0.4, -0.2) is 44.4 Å². The van der Waals surface area contributed by atoms with Crippen LogP contribution in [0.2, 0.25) is 0 Å². The largest absolute Gasteiger partial charge is 0.274 e. The number of halogens is 1. The van der Waals surface area contributed by atoms with Gasteiger partial charge < -0.3 is 0 Å². The Balaban J connectivity index is 1.61. The van der Waals surface area contributed by atoms with Gasteiger partial charge in [-0.3, -0.25) is 9.36 Å². The van der Waals surface area contributed by atoms with E-state index < -0.39 is 10.0 Å². The summed E-state index contributed by atoms with van der Waals surface area (Å²) in [5, 5.41) is 8.38. The van der Waals surface area contributed by atoms with E-state index in [4.69, 9.17) is 0 Å². The summed E-state index contributed by atoms with van der Waals surface area (Å²) in [5.41, 5.74) is 0. The summed E-state index contributed by atoms with van der Waals surface area (Å²) in [4.78, 5) is 0.289. The minimum atomic E-state index is -3.47. The zero-order valence-corrected chi connectivity index (χ0v) is 15.1. The Morgan fingerprint density at radius 2 is 1.78 bits per heavy atom. The average Bonchev–Trinajstić information content (AvgIpc) is 3.18. The van der Waals surface area contributed by atoms with E-state index in [9.17, 15) is 8.42 Å². The average molecular weight is 400 g/mol. The molecule has 0 radical (unpaired) electrons. The highest BCUT2D eigenvalue weighted by Gasteiger charge is 2.48. The van der Waals surface area contributed by atoms with Crippen molar-refractivity contribution in [1.29, 1.82) is 0 Å². The molecule has 2 unspecified atom stereocenters. The first kappa shape index (κ1) is 15.3. The van der Waals surface area contributed by atoms with Crippen LogP contribution >= 0.6 is 15.9 Å². The van der Waals surface area contributed by atoms with E-state index in [2.05, 4.69) is 26.1 Å². The molecule has 4 heterocycles. The van der Waals surface area contributed by atoms with E-state index in [-0.39, 0.29) is 23.0 Å². The molecule has 0 aromatic carbocycles. The SMILES string of the molecule is Cn1cc(S(=O)(=O)N2C3CCC2CC(n2cc(Br)cn2)C3)cn1. The zero-order valence-electron chi connectivity index (χ0n) is 12.7. The number of fused-ring (bicyclic) bond motifs is 2. The maximum absolute atomic E-state index is 13.0. The summed E-state index contributed by atoms with van der Waals surface area (Å²) in [7, 11) is -1.73. The van der Waals surface area contributed by atoms with Gasteiger partial charge in [0.25, 0.3) is 0 Å². The zero-order chi connectivity index (χ0) is 16.2. The normalized spacial score (nSPS) is 28.3. The number of nitrogens with zero attached hydrogens (tertiary/aromatic N) is 5. The Morgan fingerprint density at radius 3 is 2.30 bits per heavy atom. The van der Waals surface area contributed by atoms with Crippen molar-refractivity contribution in [1.82, 2.24) is 23.9 Å². The van der Waals surface area contributed by atoms with Gasteiger partial charge in [-0.15, -0.1) is 0 Å². The monoisotopic (exact) mass is 399 g/mol. The van der Waals surface area contributed by atoms with E-state index in [0.717, 1.165) is 30.2 Å². The molecule has 2 atom stereocenters. The second-order valence-electron chi connectivity index (χ2n) is 6.33. The number of sulfonamides is 1. The molecule has 2 aliphatic rings. The third-order valence-corrected chi connectivity index (χ3v) is 7.21. The third-order valence-electron chi connectivity index (χ3n) is 4.84. The van der Waals surface area contributed by atoms with Crippen molar-refractivity contribution in [3.05, 3.63) is 29.3 Å². The van der Waals surface area contributed by atoms with E-state index in [1.54, 1.807) is 23.7 Å². The molecule has 0 N–H and O–H groups in total. The molecule has 4 rings (SSSR count). The first-order chi connectivity index (χ1) is 10.9. The molecule has 7 nitrogen and oxygen atoms in total. The van der Waals surface area contributed by atoms with Crippen molar-refractivity contribution in [2.24, 2.45) is 7.05 Å². The lowest BCUT2D eigenvalue weighted by Gasteiger charge is -2.37. The second-order valence-corrected chi connectivity index (χ2v) is 9.09. The fourth-order valence-electron chi connectivity index (χ4n) is 3.88. The molecule has 2 aromatic heterocycles. The summed E-state index contributed by atoms with van der Waals surface area (Å²) < 4.78 is 32.1. The fourth-order valence-corrected chi connectivity index (χ4v) is 6.06. The van der Waals surface area contributed by atoms with Crippen LogP contribution in [-0.2, 0) is 17.1 Å². The van der Waals surface area contributed by atoms with Gasteiger partial charge in [-0.05, 0) is 41.6 Å². The van der Waals surface area contributed by atoms with Crippen molar-refractivity contribution >= 4 is 26.0 Å². The molecule has 0 saturated carbocycles. The minimum Gasteiger partial charge on any atom is -0.274 e. The molecule has 23 heavy (non-hydrogen) atoms. The highest BCUT2D eigenvalue weighted by molar-refractivity contribution is 9.10. The van der Waals surface area contributed by atoms with Gasteiger partial charge in [0.1, 0.15) is 4.90 Å². The van der Waals surface area contributed by atoms with Crippen LogP contribution in [0.4, 0.5) is 0 Å². The molecule has 2 fully saturated rings. The van der Waals surface area contributed by atoms with Crippen molar-refractivity contribution in [3.63, 3.8) is 0 Å². The Labute approximate surface area is 143 Å². The van der Waals surface area contributed by atoms with E-state index in [1.807, 2.05) is 10.9 Å². The maximum Gasteiger partial charge on any atom is 0.246 e. The van der Waals surface area contributed by atoms with Crippen LogP contribution in [0.1, 0.15) is 31.7 Å². The van der Waals surface area contributed by atoms with Gasteiger partial charge in [0, 0.05) is 31.5 Å². The van der Waals surface area contributed by atoms with E-state index in [1.165, 1.54) is 10.9 Å². The molecule has 2 aromatic rings. The first-order valence-electron chi connectivity index (χ1n) is 7.67. The van der Waals surface area contributed by atoms with Crippen molar-refractivity contribution < 1.29 is 8.42 Å². The molecule has 9 heteroatoms. The molecule has 0 spiro atoms. The number of rotatable bonds is 3. The predicted octanol–water partition coefficient (Wildman–Crippen LogP) is 1.94. The summed E-state index contributed by atoms with van der Waals surface area (Å²) in [5.74, 6) is 0. The number of aromatic nitrogens is 4. The quantitative estimate of drug-likeness (QED) is 0.790. The maximum atomic E-state index is 13.0. The van der Waals surface area contributed by atoms with Gasteiger partial charge in [-0.25, -0.2) is 8.42 Å². The van der Waals surface area contributed by atoms with Gasteiger partial charge in [0.15, 0.2) is 0 Å². The first-order valence-corrected chi connectivity index (χ1v) is 9.90. The number of hydrogen-bond donors (Lipinski definition) is 0. The van der Waals surface area contributed by atoms with Gasteiger partial charge in [-0.1, -0.05) is 0 Å². The molecule has 2 saturated heterocycles.